The Hall–Kier alpha value is -1.31. The summed E-state index contributed by atoms with van der Waals surface area (Å²) in [5.41, 5.74) is 2.03. The molecule has 0 N–H and O–H groups in total. The summed E-state index contributed by atoms with van der Waals surface area (Å²) in [5.74, 6) is 0.511. The van der Waals surface area contributed by atoms with Crippen LogP contribution in [0.2, 0.25) is 0 Å². The fraction of sp³-hybridized carbons (Fsp3) is 0.611. The summed E-state index contributed by atoms with van der Waals surface area (Å²) in [4.78, 5) is 27.2. The normalized spacial score (nSPS) is 16.0. The van der Waals surface area contributed by atoms with Gasteiger partial charge in [-0.1, -0.05) is 20.8 Å². The van der Waals surface area contributed by atoms with Crippen molar-refractivity contribution in [1.82, 2.24) is 19.8 Å². The quantitative estimate of drug-likeness (QED) is 0.798. The van der Waals surface area contributed by atoms with Gasteiger partial charge in [-0.05, 0) is 13.3 Å². The Bertz CT molecular complexity index is 729. The molecule has 5 nitrogen and oxygen atoms in total. The van der Waals surface area contributed by atoms with Crippen LogP contribution in [0.25, 0.3) is 0 Å². The van der Waals surface area contributed by atoms with Crippen molar-refractivity contribution in [2.45, 2.75) is 46.6 Å². The molecule has 1 aliphatic rings. The van der Waals surface area contributed by atoms with Gasteiger partial charge in [0.25, 0.3) is 5.91 Å². The number of rotatable bonds is 5. The molecule has 0 aliphatic carbocycles. The SMILES string of the molecule is CCc1nc(CN2CCN(C(=O)c3sc(C(C)C)nc3C)CC2)cs1. The summed E-state index contributed by atoms with van der Waals surface area (Å²) >= 11 is 3.29. The van der Waals surface area contributed by atoms with Crippen molar-refractivity contribution in [3.63, 3.8) is 0 Å². The van der Waals surface area contributed by atoms with E-state index in [0.717, 1.165) is 60.4 Å². The number of aryl methyl sites for hydroxylation is 2. The molecule has 2 aromatic rings. The molecule has 25 heavy (non-hydrogen) atoms. The molecule has 0 unspecified atom stereocenters. The van der Waals surface area contributed by atoms with Crippen LogP contribution in [0.15, 0.2) is 5.38 Å². The average Bonchev–Trinajstić information content (AvgIpc) is 3.21. The van der Waals surface area contributed by atoms with Gasteiger partial charge in [-0.25, -0.2) is 9.97 Å². The second-order valence-electron chi connectivity index (χ2n) is 6.78. The second kappa shape index (κ2) is 7.93. The zero-order valence-corrected chi connectivity index (χ0v) is 17.0. The third-order valence-corrected chi connectivity index (χ3v) is 6.94. The first-order chi connectivity index (χ1) is 12.0. The number of aromatic nitrogens is 2. The maximum absolute atomic E-state index is 12.8. The van der Waals surface area contributed by atoms with Gasteiger partial charge >= 0.3 is 0 Å². The summed E-state index contributed by atoms with van der Waals surface area (Å²) in [5, 5.41) is 4.41. The zero-order valence-electron chi connectivity index (χ0n) is 15.4. The van der Waals surface area contributed by atoms with Crippen molar-refractivity contribution >= 4 is 28.6 Å². The van der Waals surface area contributed by atoms with E-state index >= 15 is 0 Å². The second-order valence-corrected chi connectivity index (χ2v) is 8.75. The fourth-order valence-corrected chi connectivity index (χ4v) is 4.70. The predicted octanol–water partition coefficient (Wildman–Crippen LogP) is 3.55. The molecule has 3 rings (SSSR count). The highest BCUT2D eigenvalue weighted by atomic mass is 32.1. The van der Waals surface area contributed by atoms with E-state index in [1.165, 1.54) is 5.01 Å². The van der Waals surface area contributed by atoms with Crippen LogP contribution in [0.3, 0.4) is 0 Å². The fourth-order valence-electron chi connectivity index (χ4n) is 2.93. The highest BCUT2D eigenvalue weighted by molar-refractivity contribution is 7.13. The van der Waals surface area contributed by atoms with Gasteiger partial charge in [0.1, 0.15) is 4.88 Å². The van der Waals surface area contributed by atoms with E-state index in [0.29, 0.717) is 5.92 Å². The van der Waals surface area contributed by atoms with Crippen LogP contribution in [-0.2, 0) is 13.0 Å². The first-order valence-electron chi connectivity index (χ1n) is 8.90. The van der Waals surface area contributed by atoms with Gasteiger partial charge in [-0.15, -0.1) is 22.7 Å². The van der Waals surface area contributed by atoms with E-state index in [4.69, 9.17) is 0 Å². The Morgan fingerprint density at radius 3 is 2.52 bits per heavy atom. The molecule has 0 spiro atoms. The van der Waals surface area contributed by atoms with E-state index in [9.17, 15) is 4.79 Å². The van der Waals surface area contributed by atoms with Crippen LogP contribution in [0.4, 0.5) is 0 Å². The average molecular weight is 379 g/mol. The molecule has 0 bridgehead atoms. The number of thiazole rings is 2. The van der Waals surface area contributed by atoms with Crippen molar-refractivity contribution in [2.75, 3.05) is 26.2 Å². The molecule has 2 aromatic heterocycles. The maximum Gasteiger partial charge on any atom is 0.265 e. The van der Waals surface area contributed by atoms with Crippen LogP contribution >= 0.6 is 22.7 Å². The topological polar surface area (TPSA) is 49.3 Å². The largest absolute Gasteiger partial charge is 0.335 e. The number of amides is 1. The minimum atomic E-state index is 0.142. The van der Waals surface area contributed by atoms with Gasteiger partial charge in [-0.2, -0.15) is 0 Å². The molecule has 0 atom stereocenters. The summed E-state index contributed by atoms with van der Waals surface area (Å²) < 4.78 is 0. The molecule has 0 radical (unpaired) electrons. The van der Waals surface area contributed by atoms with Crippen molar-refractivity contribution in [3.8, 4) is 0 Å². The number of nitrogens with zero attached hydrogens (tertiary/aromatic N) is 4. The number of carbonyl (C=O) groups is 1. The van der Waals surface area contributed by atoms with Crippen molar-refractivity contribution in [1.29, 1.82) is 0 Å². The molecule has 1 amide bonds. The minimum absolute atomic E-state index is 0.142. The molecule has 0 saturated carbocycles. The summed E-state index contributed by atoms with van der Waals surface area (Å²) in [6, 6.07) is 0. The Balaban J connectivity index is 1.57. The van der Waals surface area contributed by atoms with Crippen molar-refractivity contribution in [2.24, 2.45) is 0 Å². The molecule has 1 saturated heterocycles. The monoisotopic (exact) mass is 378 g/mol. The minimum Gasteiger partial charge on any atom is -0.335 e. The number of hydrogen-bond donors (Lipinski definition) is 0. The zero-order chi connectivity index (χ0) is 18.0. The lowest BCUT2D eigenvalue weighted by Crippen LogP contribution is -2.48. The standard InChI is InChI=1S/C18H26N4OS2/c1-5-15-20-14(11-24-15)10-21-6-8-22(9-7-21)18(23)16-13(4)19-17(25-16)12(2)3/h11-12H,5-10H2,1-4H3. The molecular formula is C18H26N4OS2. The van der Waals surface area contributed by atoms with Crippen LogP contribution < -0.4 is 0 Å². The summed E-state index contributed by atoms with van der Waals surface area (Å²) in [7, 11) is 0. The first kappa shape index (κ1) is 18.5. The first-order valence-corrected chi connectivity index (χ1v) is 10.6. The highest BCUT2D eigenvalue weighted by Gasteiger charge is 2.26. The van der Waals surface area contributed by atoms with Crippen LogP contribution in [0.5, 0.6) is 0 Å². The van der Waals surface area contributed by atoms with Crippen LogP contribution in [0, 0.1) is 6.92 Å². The lowest BCUT2D eigenvalue weighted by Gasteiger charge is -2.34. The third-order valence-electron chi connectivity index (χ3n) is 4.45. The lowest BCUT2D eigenvalue weighted by molar-refractivity contribution is 0.0631. The smallest absolute Gasteiger partial charge is 0.265 e. The van der Waals surface area contributed by atoms with E-state index in [-0.39, 0.29) is 5.91 Å². The Morgan fingerprint density at radius 2 is 1.96 bits per heavy atom. The van der Waals surface area contributed by atoms with E-state index in [1.54, 1.807) is 22.7 Å². The summed E-state index contributed by atoms with van der Waals surface area (Å²) in [6.45, 7) is 12.6. The van der Waals surface area contributed by atoms with Crippen molar-refractivity contribution in [3.05, 3.63) is 31.7 Å². The Morgan fingerprint density at radius 1 is 1.24 bits per heavy atom. The van der Waals surface area contributed by atoms with Gasteiger partial charge in [0.05, 0.1) is 21.4 Å². The van der Waals surface area contributed by atoms with Gasteiger partial charge in [0.2, 0.25) is 0 Å². The van der Waals surface area contributed by atoms with Gasteiger partial charge in [-0.3, -0.25) is 9.69 Å². The van der Waals surface area contributed by atoms with E-state index in [1.807, 2.05) is 11.8 Å². The number of carbonyl (C=O) groups excluding carboxylic acids is 1. The lowest BCUT2D eigenvalue weighted by atomic mass is 10.2. The third kappa shape index (κ3) is 4.27. The predicted molar refractivity (Wildman–Crippen MR) is 104 cm³/mol. The Labute approximate surface area is 157 Å². The summed E-state index contributed by atoms with van der Waals surface area (Å²) in [6.07, 6.45) is 1.000. The van der Waals surface area contributed by atoms with Crippen molar-refractivity contribution < 1.29 is 4.79 Å². The molecular weight excluding hydrogens is 352 g/mol. The molecule has 136 valence electrons. The van der Waals surface area contributed by atoms with E-state index < -0.39 is 0 Å². The Kier molecular flexibility index (Phi) is 5.86. The molecule has 3 heterocycles. The van der Waals surface area contributed by atoms with Gasteiger partial charge in [0.15, 0.2) is 0 Å². The molecule has 7 heteroatoms. The highest BCUT2D eigenvalue weighted by Crippen LogP contribution is 2.26. The van der Waals surface area contributed by atoms with E-state index in [2.05, 4.69) is 41.0 Å². The number of piperazine rings is 1. The molecule has 1 fully saturated rings. The molecule has 1 aliphatic heterocycles. The van der Waals surface area contributed by atoms with Gasteiger partial charge in [0, 0.05) is 44.0 Å². The van der Waals surface area contributed by atoms with Gasteiger partial charge < -0.3 is 4.90 Å². The van der Waals surface area contributed by atoms with Crippen LogP contribution in [0.1, 0.15) is 57.8 Å². The number of hydrogen-bond acceptors (Lipinski definition) is 6. The molecule has 0 aromatic carbocycles. The maximum atomic E-state index is 12.8. The van der Waals surface area contributed by atoms with Crippen LogP contribution in [-0.4, -0.2) is 51.9 Å².